The third kappa shape index (κ3) is 4.07. The van der Waals surface area contributed by atoms with Gasteiger partial charge < -0.3 is 9.84 Å². The van der Waals surface area contributed by atoms with Crippen LogP contribution in [0.1, 0.15) is 25.3 Å². The molecular formula is C17H17F3N2O2S. The van der Waals surface area contributed by atoms with Crippen LogP contribution in [-0.2, 0) is 5.60 Å². The van der Waals surface area contributed by atoms with Gasteiger partial charge >= 0.3 is 5.51 Å². The van der Waals surface area contributed by atoms with Gasteiger partial charge in [-0.3, -0.25) is 0 Å². The van der Waals surface area contributed by atoms with Crippen molar-refractivity contribution >= 4 is 11.8 Å². The first-order chi connectivity index (χ1) is 11.7. The Hall–Kier alpha value is -1.80. The van der Waals surface area contributed by atoms with Crippen molar-refractivity contribution in [2.45, 2.75) is 35.8 Å². The second kappa shape index (κ2) is 6.49. The predicted octanol–water partition coefficient (Wildman–Crippen LogP) is 4.16. The topological polar surface area (TPSA) is 55.2 Å². The largest absolute Gasteiger partial charge is 0.490 e. The SMILES string of the molecule is CC1(C(O)(COc2ccc(SC(F)(F)F)cc2)c2cncnc2)CC1. The Morgan fingerprint density at radius 2 is 1.76 bits per heavy atom. The van der Waals surface area contributed by atoms with Crippen LogP contribution in [-0.4, -0.2) is 27.2 Å². The van der Waals surface area contributed by atoms with Gasteiger partial charge in [-0.25, -0.2) is 9.97 Å². The van der Waals surface area contributed by atoms with E-state index in [-0.39, 0.29) is 28.7 Å². The van der Waals surface area contributed by atoms with Gasteiger partial charge in [0, 0.05) is 28.3 Å². The van der Waals surface area contributed by atoms with E-state index in [9.17, 15) is 18.3 Å². The number of alkyl halides is 3. The summed E-state index contributed by atoms with van der Waals surface area (Å²) in [6.07, 6.45) is 6.20. The molecule has 25 heavy (non-hydrogen) atoms. The number of thioether (sulfide) groups is 1. The van der Waals surface area contributed by atoms with E-state index >= 15 is 0 Å². The molecule has 0 saturated heterocycles. The minimum atomic E-state index is -4.32. The van der Waals surface area contributed by atoms with Crippen molar-refractivity contribution in [3.05, 3.63) is 48.5 Å². The molecule has 0 spiro atoms. The van der Waals surface area contributed by atoms with Gasteiger partial charge in [0.2, 0.25) is 0 Å². The second-order valence-electron chi connectivity index (χ2n) is 6.36. The molecule has 1 aliphatic rings. The fourth-order valence-electron chi connectivity index (χ4n) is 2.65. The Labute approximate surface area is 147 Å². The van der Waals surface area contributed by atoms with Crippen LogP contribution in [0.5, 0.6) is 5.75 Å². The number of rotatable bonds is 6. The van der Waals surface area contributed by atoms with Gasteiger partial charge in [-0.15, -0.1) is 0 Å². The maximum Gasteiger partial charge on any atom is 0.446 e. The maximum atomic E-state index is 12.4. The zero-order chi connectivity index (χ0) is 18.1. The Morgan fingerprint density at radius 1 is 1.16 bits per heavy atom. The number of nitrogens with zero attached hydrogens (tertiary/aromatic N) is 2. The van der Waals surface area contributed by atoms with Crippen molar-refractivity contribution in [3.63, 3.8) is 0 Å². The summed E-state index contributed by atoms with van der Waals surface area (Å²) >= 11 is -0.177. The average molecular weight is 370 g/mol. The summed E-state index contributed by atoms with van der Waals surface area (Å²) in [5.74, 6) is 0.394. The fourth-order valence-corrected chi connectivity index (χ4v) is 3.18. The zero-order valence-electron chi connectivity index (χ0n) is 13.5. The van der Waals surface area contributed by atoms with E-state index in [4.69, 9.17) is 4.74 Å². The summed E-state index contributed by atoms with van der Waals surface area (Å²) in [5, 5.41) is 11.2. The van der Waals surface area contributed by atoms with Crippen LogP contribution in [0.4, 0.5) is 13.2 Å². The van der Waals surface area contributed by atoms with Gasteiger partial charge in [0.05, 0.1) is 0 Å². The minimum Gasteiger partial charge on any atom is -0.490 e. The van der Waals surface area contributed by atoms with Crippen LogP contribution < -0.4 is 4.74 Å². The van der Waals surface area contributed by atoms with Crippen LogP contribution in [0.3, 0.4) is 0 Å². The van der Waals surface area contributed by atoms with Gasteiger partial charge in [0.25, 0.3) is 0 Å². The van der Waals surface area contributed by atoms with Gasteiger partial charge in [-0.1, -0.05) is 6.92 Å². The highest BCUT2D eigenvalue weighted by Crippen LogP contribution is 2.57. The number of halogens is 3. The summed E-state index contributed by atoms with van der Waals surface area (Å²) in [4.78, 5) is 8.00. The molecule has 0 aliphatic heterocycles. The van der Waals surface area contributed by atoms with Crippen molar-refractivity contribution in [2.24, 2.45) is 5.41 Å². The first kappa shape index (κ1) is 18.0. The summed E-state index contributed by atoms with van der Waals surface area (Å²) in [5.41, 5.74) is -5.34. The molecule has 1 unspecified atom stereocenters. The third-order valence-corrected chi connectivity index (χ3v) is 5.28. The Morgan fingerprint density at radius 3 is 2.28 bits per heavy atom. The Bertz CT molecular complexity index is 721. The molecule has 1 saturated carbocycles. The quantitative estimate of drug-likeness (QED) is 0.774. The molecule has 0 bridgehead atoms. The highest BCUT2D eigenvalue weighted by Gasteiger charge is 2.57. The smallest absolute Gasteiger partial charge is 0.446 e. The number of hydrogen-bond acceptors (Lipinski definition) is 5. The highest BCUT2D eigenvalue weighted by molar-refractivity contribution is 8.00. The minimum absolute atomic E-state index is 0.0252. The lowest BCUT2D eigenvalue weighted by molar-refractivity contribution is -0.0671. The lowest BCUT2D eigenvalue weighted by Gasteiger charge is -2.34. The standard InChI is InChI=1S/C17H17F3N2O2S/c1-15(6-7-15)16(23,12-8-21-11-22-9-12)10-24-13-2-4-14(5-3-13)25-17(18,19)20/h2-5,8-9,11,23H,6-7,10H2,1H3. The first-order valence-corrected chi connectivity index (χ1v) is 8.50. The van der Waals surface area contributed by atoms with Crippen molar-refractivity contribution in [1.82, 2.24) is 9.97 Å². The van der Waals surface area contributed by atoms with Crippen LogP contribution in [0, 0.1) is 5.41 Å². The van der Waals surface area contributed by atoms with E-state index in [1.807, 2.05) is 6.92 Å². The molecule has 1 aromatic heterocycles. The van der Waals surface area contributed by atoms with Gasteiger partial charge in [-0.2, -0.15) is 13.2 Å². The molecule has 8 heteroatoms. The molecule has 2 aromatic rings. The molecular weight excluding hydrogens is 353 g/mol. The van der Waals surface area contributed by atoms with E-state index in [1.165, 1.54) is 30.6 Å². The molecule has 1 aliphatic carbocycles. The van der Waals surface area contributed by atoms with E-state index in [1.54, 1.807) is 12.4 Å². The molecule has 0 radical (unpaired) electrons. The lowest BCUT2D eigenvalue weighted by Crippen LogP contribution is -2.41. The summed E-state index contributed by atoms with van der Waals surface area (Å²) < 4.78 is 42.8. The van der Waals surface area contributed by atoms with E-state index in [0.29, 0.717) is 11.3 Å². The monoisotopic (exact) mass is 370 g/mol. The molecule has 4 nitrogen and oxygen atoms in total. The normalized spacial score (nSPS) is 18.4. The highest BCUT2D eigenvalue weighted by atomic mass is 32.2. The maximum absolute atomic E-state index is 12.4. The summed E-state index contributed by atoms with van der Waals surface area (Å²) in [6.45, 7) is 1.94. The molecule has 1 heterocycles. The predicted molar refractivity (Wildman–Crippen MR) is 87.1 cm³/mol. The zero-order valence-corrected chi connectivity index (χ0v) is 14.3. The van der Waals surface area contributed by atoms with Crippen LogP contribution >= 0.6 is 11.8 Å². The van der Waals surface area contributed by atoms with Gasteiger partial charge in [0.1, 0.15) is 24.3 Å². The molecule has 1 N–H and O–H groups in total. The molecule has 0 amide bonds. The van der Waals surface area contributed by atoms with E-state index in [0.717, 1.165) is 12.8 Å². The van der Waals surface area contributed by atoms with Crippen LogP contribution in [0.25, 0.3) is 0 Å². The summed E-state index contributed by atoms with van der Waals surface area (Å²) in [7, 11) is 0. The average Bonchev–Trinajstić information content (AvgIpc) is 3.33. The molecule has 3 rings (SSSR count). The van der Waals surface area contributed by atoms with Crippen LogP contribution in [0.15, 0.2) is 47.9 Å². The van der Waals surface area contributed by atoms with Crippen molar-refractivity contribution in [1.29, 1.82) is 0 Å². The van der Waals surface area contributed by atoms with Crippen molar-refractivity contribution in [3.8, 4) is 5.75 Å². The number of aromatic nitrogens is 2. The van der Waals surface area contributed by atoms with E-state index < -0.39 is 11.1 Å². The van der Waals surface area contributed by atoms with E-state index in [2.05, 4.69) is 9.97 Å². The molecule has 1 atom stereocenters. The molecule has 1 fully saturated rings. The first-order valence-electron chi connectivity index (χ1n) is 7.68. The van der Waals surface area contributed by atoms with Gasteiger partial charge in [0.15, 0.2) is 0 Å². The molecule has 1 aromatic carbocycles. The van der Waals surface area contributed by atoms with Crippen molar-refractivity contribution < 1.29 is 23.0 Å². The number of hydrogen-bond donors (Lipinski definition) is 1. The Kier molecular flexibility index (Phi) is 4.68. The number of aliphatic hydroxyl groups is 1. The second-order valence-corrected chi connectivity index (χ2v) is 7.49. The third-order valence-electron chi connectivity index (χ3n) is 4.54. The summed E-state index contributed by atoms with van der Waals surface area (Å²) in [6, 6.07) is 5.62. The van der Waals surface area contributed by atoms with Gasteiger partial charge in [-0.05, 0) is 48.9 Å². The number of benzene rings is 1. The lowest BCUT2D eigenvalue weighted by atomic mass is 9.81. The Balaban J connectivity index is 1.72. The fraction of sp³-hybridized carbons (Fsp3) is 0.412. The van der Waals surface area contributed by atoms with Crippen molar-refractivity contribution in [2.75, 3.05) is 6.61 Å². The number of ether oxygens (including phenoxy) is 1. The van der Waals surface area contributed by atoms with Crippen LogP contribution in [0.2, 0.25) is 0 Å². The molecule has 134 valence electrons.